The highest BCUT2D eigenvalue weighted by Gasteiger charge is 2.55. The number of amides is 2. The normalized spacial score (nSPS) is 20.9. The van der Waals surface area contributed by atoms with Gasteiger partial charge in [-0.1, -0.05) is 6.07 Å². The van der Waals surface area contributed by atoms with Gasteiger partial charge in [-0.15, -0.1) is 28.2 Å². The van der Waals surface area contributed by atoms with Crippen LogP contribution in [0.3, 0.4) is 0 Å². The zero-order chi connectivity index (χ0) is 22.8. The summed E-state index contributed by atoms with van der Waals surface area (Å²) in [5.41, 5.74) is -0.417. The standard InChI is InChI=1S/C18H14N4O6S4/c23-10(8-32(28)12-4-2-6-29-12)20-13-15(24)22-14(17(25)26)9(7-30-16(13)22)18(27)31-11-3-1-5-19-21-11/h1-6,13,16H,7-8H2,(H,20,23)(H,25,26)/t13?,16-,32?/m0/s1. The number of nitrogens with zero attached hydrogens (tertiary/aromatic N) is 3. The molecule has 2 aliphatic heterocycles. The third kappa shape index (κ3) is 4.48. The summed E-state index contributed by atoms with van der Waals surface area (Å²) in [4.78, 5) is 50.5. The van der Waals surface area contributed by atoms with Crippen LogP contribution in [0, 0.1) is 0 Å². The van der Waals surface area contributed by atoms with Crippen LogP contribution < -0.4 is 5.32 Å². The van der Waals surface area contributed by atoms with Gasteiger partial charge in [-0.3, -0.25) is 23.5 Å². The Balaban J connectivity index is 1.46. The zero-order valence-electron chi connectivity index (χ0n) is 16.0. The second-order valence-corrected chi connectivity index (χ2v) is 11.2. The molecule has 14 heteroatoms. The first kappa shape index (κ1) is 22.6. The van der Waals surface area contributed by atoms with Crippen molar-refractivity contribution in [3.05, 3.63) is 47.1 Å². The number of nitrogens with one attached hydrogen (secondary N) is 1. The van der Waals surface area contributed by atoms with Gasteiger partial charge in [0, 0.05) is 17.5 Å². The number of fused-ring (bicyclic) bond motifs is 1. The highest BCUT2D eigenvalue weighted by Crippen LogP contribution is 2.41. The number of thiophene rings is 1. The predicted molar refractivity (Wildman–Crippen MR) is 118 cm³/mol. The summed E-state index contributed by atoms with van der Waals surface area (Å²) in [7, 11) is -1.53. The maximum Gasteiger partial charge on any atom is 0.353 e. The Morgan fingerprint density at radius 1 is 1.31 bits per heavy atom. The van der Waals surface area contributed by atoms with Crippen molar-refractivity contribution in [3.8, 4) is 0 Å². The van der Waals surface area contributed by atoms with Crippen LogP contribution >= 0.6 is 34.9 Å². The number of carbonyl (C=O) groups is 4. The lowest BCUT2D eigenvalue weighted by molar-refractivity contribution is -0.150. The largest absolute Gasteiger partial charge is 0.477 e. The lowest BCUT2D eigenvalue weighted by Gasteiger charge is -2.49. The van der Waals surface area contributed by atoms with E-state index in [0.717, 1.165) is 16.7 Å². The number of thioether (sulfide) groups is 2. The molecule has 2 aromatic heterocycles. The van der Waals surface area contributed by atoms with Crippen LogP contribution in [0.15, 0.2) is 56.3 Å². The molecule has 0 aromatic carbocycles. The smallest absolute Gasteiger partial charge is 0.353 e. The molecular weight excluding hydrogens is 496 g/mol. The summed E-state index contributed by atoms with van der Waals surface area (Å²) in [5, 5.41) is 20.5. The van der Waals surface area contributed by atoms with Crippen LogP contribution in [0.5, 0.6) is 0 Å². The van der Waals surface area contributed by atoms with Crippen molar-refractivity contribution < 1.29 is 28.5 Å². The topological polar surface area (TPSA) is 147 Å². The highest BCUT2D eigenvalue weighted by atomic mass is 32.2. The van der Waals surface area contributed by atoms with Crippen LogP contribution in [-0.4, -0.2) is 70.2 Å². The first-order valence-electron chi connectivity index (χ1n) is 8.99. The Morgan fingerprint density at radius 3 is 2.78 bits per heavy atom. The zero-order valence-corrected chi connectivity index (χ0v) is 19.3. The predicted octanol–water partition coefficient (Wildman–Crippen LogP) is 0.703. The van der Waals surface area contributed by atoms with E-state index in [1.54, 1.807) is 29.6 Å². The Hall–Kier alpha value is -2.55. The second-order valence-electron chi connectivity index (χ2n) is 6.46. The molecule has 0 aliphatic carbocycles. The van der Waals surface area contributed by atoms with Gasteiger partial charge in [0.05, 0.1) is 15.0 Å². The van der Waals surface area contributed by atoms with Gasteiger partial charge >= 0.3 is 5.97 Å². The fourth-order valence-electron chi connectivity index (χ4n) is 3.07. The molecule has 0 radical (unpaired) electrons. The van der Waals surface area contributed by atoms with Crippen LogP contribution in [0.2, 0.25) is 0 Å². The lowest BCUT2D eigenvalue weighted by atomic mass is 10.0. The number of rotatable bonds is 7. The number of carboxylic acids is 1. The van der Waals surface area contributed by atoms with Gasteiger partial charge in [0.1, 0.15) is 27.9 Å². The first-order valence-corrected chi connectivity index (χ1v) is 13.1. The van der Waals surface area contributed by atoms with Crippen molar-refractivity contribution >= 4 is 68.6 Å². The molecule has 2 aliphatic rings. The number of hydrogen-bond donors (Lipinski definition) is 2. The molecule has 32 heavy (non-hydrogen) atoms. The van der Waals surface area contributed by atoms with Gasteiger partial charge in [0.25, 0.3) is 5.91 Å². The molecule has 1 fully saturated rings. The number of carboxylic acid groups (broad SMARTS) is 1. The Morgan fingerprint density at radius 2 is 2.12 bits per heavy atom. The second kappa shape index (κ2) is 9.52. The summed E-state index contributed by atoms with van der Waals surface area (Å²) in [6, 6.07) is 5.59. The number of aromatic nitrogens is 2. The van der Waals surface area contributed by atoms with E-state index in [4.69, 9.17) is 0 Å². The molecule has 0 spiro atoms. The summed E-state index contributed by atoms with van der Waals surface area (Å²) in [6.07, 6.45) is 1.45. The minimum absolute atomic E-state index is 0.0219. The Kier molecular flexibility index (Phi) is 6.74. The molecule has 2 N–H and O–H groups in total. The van der Waals surface area contributed by atoms with Crippen LogP contribution in [0.1, 0.15) is 0 Å². The molecule has 1 saturated heterocycles. The van der Waals surface area contributed by atoms with Gasteiger partial charge in [0.2, 0.25) is 11.0 Å². The van der Waals surface area contributed by atoms with E-state index in [2.05, 4.69) is 15.5 Å². The number of carbonyl (C=O) groups excluding carboxylic acids is 3. The maximum atomic E-state index is 12.7. The Bertz CT molecular complexity index is 1140. The highest BCUT2D eigenvalue weighted by molar-refractivity contribution is 8.14. The summed E-state index contributed by atoms with van der Waals surface area (Å²) >= 11 is 3.17. The van der Waals surface area contributed by atoms with E-state index in [9.17, 15) is 28.5 Å². The van der Waals surface area contributed by atoms with Gasteiger partial charge in [-0.25, -0.2) is 4.79 Å². The van der Waals surface area contributed by atoms with Gasteiger partial charge in [-0.2, -0.15) is 5.10 Å². The van der Waals surface area contributed by atoms with Crippen LogP contribution in [0.4, 0.5) is 0 Å². The molecule has 2 aromatic rings. The quantitative estimate of drug-likeness (QED) is 0.403. The minimum Gasteiger partial charge on any atom is -0.477 e. The van der Waals surface area contributed by atoms with Crippen molar-refractivity contribution in [3.63, 3.8) is 0 Å². The lowest BCUT2D eigenvalue weighted by Crippen LogP contribution is -2.71. The molecule has 0 bridgehead atoms. The van der Waals surface area contributed by atoms with E-state index < -0.39 is 50.8 Å². The van der Waals surface area contributed by atoms with E-state index in [1.807, 2.05) is 0 Å². The summed E-state index contributed by atoms with van der Waals surface area (Å²) in [5.74, 6) is -2.87. The summed E-state index contributed by atoms with van der Waals surface area (Å²) < 4.78 is 12.8. The molecule has 0 saturated carbocycles. The average Bonchev–Trinajstić information content (AvgIpc) is 3.32. The Labute approximate surface area is 196 Å². The molecule has 4 rings (SSSR count). The molecule has 10 nitrogen and oxygen atoms in total. The molecule has 166 valence electrons. The minimum atomic E-state index is -1.53. The van der Waals surface area contributed by atoms with E-state index in [-0.39, 0.29) is 17.1 Å². The van der Waals surface area contributed by atoms with Gasteiger partial charge in [-0.05, 0) is 35.3 Å². The fraction of sp³-hybridized carbons (Fsp3) is 0.222. The average molecular weight is 511 g/mol. The number of hydrogen-bond acceptors (Lipinski definition) is 10. The van der Waals surface area contributed by atoms with E-state index in [1.165, 1.54) is 29.3 Å². The molecular formula is C18H14N4O6S4. The third-order valence-corrected chi connectivity index (χ3v) is 9.22. The number of aliphatic carboxylic acids is 1. The SMILES string of the molecule is O=C(CS(=O)c1cccs1)NC1C(=O)N2C(C(=O)O)=C(C(=O)Sc3cccnn3)CS[C@@H]12. The van der Waals surface area contributed by atoms with Crippen LogP contribution in [0.25, 0.3) is 0 Å². The first-order chi connectivity index (χ1) is 15.4. The van der Waals surface area contributed by atoms with Crippen molar-refractivity contribution in [1.82, 2.24) is 20.4 Å². The maximum absolute atomic E-state index is 12.7. The molecule has 2 amide bonds. The monoisotopic (exact) mass is 510 g/mol. The molecule has 4 heterocycles. The van der Waals surface area contributed by atoms with Gasteiger partial charge in [0.15, 0.2) is 0 Å². The van der Waals surface area contributed by atoms with Crippen molar-refractivity contribution in [2.45, 2.75) is 20.7 Å². The third-order valence-electron chi connectivity index (χ3n) is 4.46. The van der Waals surface area contributed by atoms with E-state index >= 15 is 0 Å². The summed E-state index contributed by atoms with van der Waals surface area (Å²) in [6.45, 7) is 0. The van der Waals surface area contributed by atoms with Crippen molar-refractivity contribution in [1.29, 1.82) is 0 Å². The van der Waals surface area contributed by atoms with Crippen molar-refractivity contribution in [2.24, 2.45) is 0 Å². The van der Waals surface area contributed by atoms with E-state index in [0.29, 0.717) is 9.24 Å². The van der Waals surface area contributed by atoms with Gasteiger partial charge < -0.3 is 10.4 Å². The van der Waals surface area contributed by atoms with Crippen molar-refractivity contribution in [2.75, 3.05) is 11.5 Å². The fourth-order valence-corrected chi connectivity index (χ4v) is 7.14. The molecule has 2 unspecified atom stereocenters. The molecule has 3 atom stereocenters. The number of β-lactam (4-membered cyclic amide) rings is 1. The van der Waals surface area contributed by atoms with Crippen LogP contribution in [-0.2, 0) is 30.0 Å².